The summed E-state index contributed by atoms with van der Waals surface area (Å²) in [7, 11) is 0. The third kappa shape index (κ3) is 9.77. The van der Waals surface area contributed by atoms with Gasteiger partial charge < -0.3 is 9.13 Å². The Morgan fingerprint density at radius 1 is 0.227 bits per heavy atom. The maximum absolute atomic E-state index is 5.62. The topological polar surface area (TPSA) is 35.6 Å². The molecule has 3 heterocycles. The number of aromatic nitrogens is 4. The van der Waals surface area contributed by atoms with Gasteiger partial charge in [-0.15, -0.1) is 0 Å². The zero-order valence-corrected chi connectivity index (χ0v) is 51.0. The minimum atomic E-state index is 0.639. The van der Waals surface area contributed by atoms with E-state index in [1.54, 1.807) is 0 Å². The third-order valence-corrected chi connectivity index (χ3v) is 17.6. The molecule has 0 bridgehead atoms. The molecule has 0 spiro atoms. The second-order valence-electron chi connectivity index (χ2n) is 24.5. The third-order valence-electron chi connectivity index (χ3n) is 17.6. The molecule has 15 rings (SSSR count). The van der Waals surface area contributed by atoms with E-state index >= 15 is 0 Å². The molecule has 0 fully saturated rings. The molecule has 0 atom stereocenters. The summed E-state index contributed by atoms with van der Waals surface area (Å²) in [5.41, 5.74) is 32.8. The fourth-order valence-corrected chi connectivity index (χ4v) is 14.0. The molecular weight excluding hydrogens is 1060 g/mol. The average Bonchev–Trinajstić information content (AvgIpc) is 1.59. The van der Waals surface area contributed by atoms with Crippen molar-refractivity contribution >= 4 is 43.6 Å². The minimum absolute atomic E-state index is 0.639. The van der Waals surface area contributed by atoms with E-state index < -0.39 is 0 Å². The largest absolute Gasteiger partial charge is 0.309 e. The van der Waals surface area contributed by atoms with Crippen LogP contribution in [0.3, 0.4) is 0 Å². The van der Waals surface area contributed by atoms with Crippen molar-refractivity contribution < 1.29 is 0 Å². The van der Waals surface area contributed by atoms with Gasteiger partial charge in [0.15, 0.2) is 5.82 Å². The van der Waals surface area contributed by atoms with Crippen LogP contribution in [0.2, 0.25) is 0 Å². The Hall–Kier alpha value is -10.7. The van der Waals surface area contributed by atoms with Gasteiger partial charge in [-0.05, 0) is 167 Å². The van der Waals surface area contributed by atoms with Crippen molar-refractivity contribution in [1.29, 1.82) is 0 Å². The van der Waals surface area contributed by atoms with Crippen molar-refractivity contribution in [2.24, 2.45) is 0 Å². The van der Waals surface area contributed by atoms with Crippen LogP contribution in [-0.2, 0) is 0 Å². The maximum atomic E-state index is 5.62. The van der Waals surface area contributed by atoms with Crippen LogP contribution in [0.5, 0.6) is 0 Å². The summed E-state index contributed by atoms with van der Waals surface area (Å²) in [6.07, 6.45) is 0. The van der Waals surface area contributed by atoms with Crippen LogP contribution in [0.25, 0.3) is 145 Å². The molecule has 0 saturated carbocycles. The van der Waals surface area contributed by atoms with E-state index in [4.69, 9.17) is 9.97 Å². The molecule has 0 saturated heterocycles. The second kappa shape index (κ2) is 21.7. The van der Waals surface area contributed by atoms with Gasteiger partial charge in [0.25, 0.3) is 0 Å². The standard InChI is InChI=1S/C84H66N4/c1-51-34-52(2)39-65(38-51)61-26-30-78-71(46-61)72-47-62(66-40-53(3)35-54(4)41-66)27-31-79(72)87(78)77-24-16-15-22-69(77)83-70(84-85-75(59-18-11-9-12-19-59)50-76(86-84)60-20-13-10-14-21-60)23-17-25-82(83)88-80-32-28-63(67-42-55(5)36-56(6)43-67)48-73(80)74-49-64(29-33-81(74)88)68-44-57(7)37-58(8)45-68/h9-50H,1-8H3. The normalized spacial score (nSPS) is 11.6. The van der Waals surface area contributed by atoms with Gasteiger partial charge >= 0.3 is 0 Å². The van der Waals surface area contributed by atoms with Crippen LogP contribution in [0, 0.1) is 55.4 Å². The van der Waals surface area contributed by atoms with Gasteiger partial charge in [0.05, 0.1) is 44.8 Å². The molecule has 422 valence electrons. The summed E-state index contributed by atoms with van der Waals surface area (Å²) in [4.78, 5) is 11.2. The molecule has 0 aliphatic carbocycles. The molecule has 12 aromatic carbocycles. The van der Waals surface area contributed by atoms with E-state index in [0.29, 0.717) is 5.82 Å². The van der Waals surface area contributed by atoms with E-state index in [-0.39, 0.29) is 0 Å². The zero-order valence-electron chi connectivity index (χ0n) is 51.0. The van der Waals surface area contributed by atoms with Gasteiger partial charge in [0.2, 0.25) is 0 Å². The molecule has 0 unspecified atom stereocenters. The average molecular weight is 1130 g/mol. The number of para-hydroxylation sites is 1. The predicted octanol–water partition coefficient (Wildman–Crippen LogP) is 22.5. The van der Waals surface area contributed by atoms with Crippen LogP contribution in [0.4, 0.5) is 0 Å². The Morgan fingerprint density at radius 2 is 0.534 bits per heavy atom. The monoisotopic (exact) mass is 1130 g/mol. The molecular formula is C84H66N4. The SMILES string of the molecule is Cc1cc(C)cc(-c2ccc3c(c2)c2cc(-c4cc(C)cc(C)c4)ccc2n3-c2ccccc2-c2c(-c3nc(-c4ccccc4)cc(-c4ccccc4)n3)cccc2-n2c3ccc(-c4cc(C)cc(C)c4)cc3c3cc(-c4cc(C)cc(C)c4)ccc32)c1. The zero-order chi connectivity index (χ0) is 59.9. The van der Waals surface area contributed by atoms with Gasteiger partial charge in [0.1, 0.15) is 0 Å². The maximum Gasteiger partial charge on any atom is 0.161 e. The molecule has 4 heteroatoms. The van der Waals surface area contributed by atoms with Crippen molar-refractivity contribution in [3.8, 4) is 101 Å². The minimum Gasteiger partial charge on any atom is -0.309 e. The molecule has 0 N–H and O–H groups in total. The first-order chi connectivity index (χ1) is 42.8. The number of nitrogens with zero attached hydrogens (tertiary/aromatic N) is 4. The van der Waals surface area contributed by atoms with Crippen LogP contribution >= 0.6 is 0 Å². The van der Waals surface area contributed by atoms with Gasteiger partial charge in [-0.3, -0.25) is 0 Å². The van der Waals surface area contributed by atoms with E-state index in [0.717, 1.165) is 72.6 Å². The van der Waals surface area contributed by atoms with Crippen molar-refractivity contribution in [3.63, 3.8) is 0 Å². The molecule has 0 aliphatic heterocycles. The Kier molecular flexibility index (Phi) is 13.3. The number of aryl methyl sites for hydroxylation is 8. The summed E-state index contributed by atoms with van der Waals surface area (Å²) in [5, 5.41) is 4.74. The van der Waals surface area contributed by atoms with Gasteiger partial charge in [-0.2, -0.15) is 0 Å². The summed E-state index contributed by atoms with van der Waals surface area (Å²) in [6, 6.07) is 94.7. The second-order valence-corrected chi connectivity index (χ2v) is 24.5. The highest BCUT2D eigenvalue weighted by atomic mass is 15.0. The predicted molar refractivity (Wildman–Crippen MR) is 372 cm³/mol. The number of benzene rings is 12. The first kappa shape index (κ1) is 54.0. The van der Waals surface area contributed by atoms with Crippen molar-refractivity contribution in [3.05, 3.63) is 299 Å². The summed E-state index contributed by atoms with van der Waals surface area (Å²) in [6.45, 7) is 17.5. The Bertz CT molecular complexity index is 4930. The molecule has 88 heavy (non-hydrogen) atoms. The van der Waals surface area contributed by atoms with Crippen molar-refractivity contribution in [2.45, 2.75) is 55.4 Å². The number of hydrogen-bond donors (Lipinski definition) is 0. The fourth-order valence-electron chi connectivity index (χ4n) is 14.0. The number of fused-ring (bicyclic) bond motifs is 6. The highest BCUT2D eigenvalue weighted by Crippen LogP contribution is 2.47. The summed E-state index contributed by atoms with van der Waals surface area (Å²) < 4.78 is 5.01. The van der Waals surface area contributed by atoms with E-state index in [1.807, 2.05) is 0 Å². The van der Waals surface area contributed by atoms with Gasteiger partial charge in [0, 0.05) is 49.4 Å². The quantitative estimate of drug-likeness (QED) is 0.137. The lowest BCUT2D eigenvalue weighted by atomic mass is 9.94. The smallest absolute Gasteiger partial charge is 0.161 e. The Labute approximate surface area is 515 Å². The number of rotatable bonds is 10. The molecule has 0 radical (unpaired) electrons. The molecule has 0 amide bonds. The van der Waals surface area contributed by atoms with Crippen LogP contribution in [0.1, 0.15) is 44.5 Å². The van der Waals surface area contributed by atoms with Crippen molar-refractivity contribution in [2.75, 3.05) is 0 Å². The lowest BCUT2D eigenvalue weighted by molar-refractivity contribution is 1.15. The van der Waals surface area contributed by atoms with E-state index in [2.05, 4.69) is 319 Å². The summed E-state index contributed by atoms with van der Waals surface area (Å²) >= 11 is 0. The first-order valence-electron chi connectivity index (χ1n) is 30.6. The first-order valence-corrected chi connectivity index (χ1v) is 30.6. The molecule has 0 aliphatic rings. The Balaban J connectivity index is 1.05. The Morgan fingerprint density at radius 3 is 0.898 bits per heavy atom. The highest BCUT2D eigenvalue weighted by molar-refractivity contribution is 6.14. The van der Waals surface area contributed by atoms with Gasteiger partial charge in [-0.1, -0.05) is 233 Å². The lowest BCUT2D eigenvalue weighted by Gasteiger charge is -2.22. The van der Waals surface area contributed by atoms with Crippen LogP contribution in [0.15, 0.2) is 255 Å². The summed E-state index contributed by atoms with van der Waals surface area (Å²) in [5.74, 6) is 0.639. The number of hydrogen-bond acceptors (Lipinski definition) is 2. The fraction of sp³-hybridized carbons (Fsp3) is 0.0952. The highest BCUT2D eigenvalue weighted by Gasteiger charge is 2.26. The molecule has 3 aromatic heterocycles. The van der Waals surface area contributed by atoms with E-state index in [1.165, 1.54) is 111 Å². The van der Waals surface area contributed by atoms with Gasteiger partial charge in [-0.25, -0.2) is 9.97 Å². The molecule has 4 nitrogen and oxygen atoms in total. The lowest BCUT2D eigenvalue weighted by Crippen LogP contribution is -2.04. The van der Waals surface area contributed by atoms with Crippen LogP contribution < -0.4 is 0 Å². The van der Waals surface area contributed by atoms with E-state index in [9.17, 15) is 0 Å². The molecule has 15 aromatic rings. The van der Waals surface area contributed by atoms with Crippen LogP contribution in [-0.4, -0.2) is 19.1 Å². The van der Waals surface area contributed by atoms with Crippen molar-refractivity contribution in [1.82, 2.24) is 19.1 Å².